The highest BCUT2D eigenvalue weighted by Gasteiger charge is 2.44. The molecule has 1 atom stereocenters. The lowest BCUT2D eigenvalue weighted by Gasteiger charge is -2.26. The van der Waals surface area contributed by atoms with Crippen molar-refractivity contribution in [2.75, 3.05) is 7.11 Å². The standard InChI is InChI=1S/C26H19ClN2O5/c1-33-19-8-5-15(6-9-19)23-22(24(30)21-13-16-12-17(27)7-10-20(16)34-21)25(31)26(32)29(23)14-18-4-2-3-11-28-18/h2-13,23,31H,14H2,1H3. The number of carbonyl (C=O) groups excluding carboxylic acids is 2. The second-order valence-electron chi connectivity index (χ2n) is 7.81. The number of aromatic nitrogens is 1. The second-order valence-corrected chi connectivity index (χ2v) is 8.25. The van der Waals surface area contributed by atoms with Gasteiger partial charge in [-0.1, -0.05) is 29.8 Å². The molecule has 0 saturated carbocycles. The number of furan rings is 1. The number of ether oxygens (including phenoxy) is 1. The summed E-state index contributed by atoms with van der Waals surface area (Å²) in [5.41, 5.74) is 1.67. The summed E-state index contributed by atoms with van der Waals surface area (Å²) in [6.45, 7) is 0.104. The number of Topliss-reactive ketones (excluding diaryl/α,β-unsaturated/α-hetero) is 1. The van der Waals surface area contributed by atoms with Crippen LogP contribution in [0, 0.1) is 0 Å². The summed E-state index contributed by atoms with van der Waals surface area (Å²) in [6.07, 6.45) is 1.62. The van der Waals surface area contributed by atoms with Crippen LogP contribution in [0.15, 0.2) is 88.7 Å². The number of hydrogen-bond acceptors (Lipinski definition) is 6. The summed E-state index contributed by atoms with van der Waals surface area (Å²) < 4.78 is 11.0. The number of aliphatic hydroxyl groups excluding tert-OH is 1. The lowest BCUT2D eigenvalue weighted by molar-refractivity contribution is -0.130. The van der Waals surface area contributed by atoms with Crippen molar-refractivity contribution in [1.29, 1.82) is 0 Å². The van der Waals surface area contributed by atoms with E-state index in [0.717, 1.165) is 0 Å². The number of carbonyl (C=O) groups is 2. The Labute approximate surface area is 199 Å². The molecule has 34 heavy (non-hydrogen) atoms. The van der Waals surface area contributed by atoms with Crippen molar-refractivity contribution in [3.63, 3.8) is 0 Å². The molecular weight excluding hydrogens is 456 g/mol. The zero-order valence-electron chi connectivity index (χ0n) is 18.1. The van der Waals surface area contributed by atoms with Gasteiger partial charge in [0.05, 0.1) is 31.0 Å². The molecule has 1 aliphatic rings. The number of benzene rings is 2. The van der Waals surface area contributed by atoms with Gasteiger partial charge < -0.3 is 19.2 Å². The summed E-state index contributed by atoms with van der Waals surface area (Å²) in [4.78, 5) is 32.5. The second kappa shape index (κ2) is 8.68. The molecule has 3 heterocycles. The number of aliphatic hydroxyl groups is 1. The van der Waals surface area contributed by atoms with Crippen LogP contribution in [0.2, 0.25) is 5.02 Å². The molecule has 4 aromatic rings. The summed E-state index contributed by atoms with van der Waals surface area (Å²) >= 11 is 6.06. The van der Waals surface area contributed by atoms with Gasteiger partial charge in [0.25, 0.3) is 5.91 Å². The molecule has 1 aliphatic heterocycles. The van der Waals surface area contributed by atoms with Crippen molar-refractivity contribution < 1.29 is 23.8 Å². The number of fused-ring (bicyclic) bond motifs is 1. The first-order valence-electron chi connectivity index (χ1n) is 10.5. The molecule has 8 heteroatoms. The minimum absolute atomic E-state index is 0.00446. The number of amides is 1. The Morgan fingerprint density at radius 3 is 2.65 bits per heavy atom. The van der Waals surface area contributed by atoms with Gasteiger partial charge in [-0.25, -0.2) is 0 Å². The molecule has 2 aromatic carbocycles. The van der Waals surface area contributed by atoms with Crippen molar-refractivity contribution in [3.8, 4) is 5.75 Å². The molecule has 0 spiro atoms. The molecule has 0 fully saturated rings. The number of nitrogens with zero attached hydrogens (tertiary/aromatic N) is 2. The predicted octanol–water partition coefficient (Wildman–Crippen LogP) is 5.27. The first kappa shape index (κ1) is 21.7. The molecule has 2 aromatic heterocycles. The average Bonchev–Trinajstić information content (AvgIpc) is 3.38. The van der Waals surface area contributed by atoms with Crippen LogP contribution in [0.5, 0.6) is 5.75 Å². The predicted molar refractivity (Wildman–Crippen MR) is 126 cm³/mol. The Morgan fingerprint density at radius 1 is 1.15 bits per heavy atom. The van der Waals surface area contributed by atoms with Crippen LogP contribution in [-0.4, -0.2) is 33.8 Å². The smallest absolute Gasteiger partial charge is 0.290 e. The maximum atomic E-state index is 13.6. The zero-order valence-corrected chi connectivity index (χ0v) is 18.8. The van der Waals surface area contributed by atoms with Crippen LogP contribution < -0.4 is 4.74 Å². The fourth-order valence-electron chi connectivity index (χ4n) is 4.11. The normalized spacial score (nSPS) is 15.9. The highest BCUT2D eigenvalue weighted by Crippen LogP contribution is 2.41. The molecule has 0 bridgehead atoms. The Kier molecular flexibility index (Phi) is 5.55. The van der Waals surface area contributed by atoms with Gasteiger partial charge >= 0.3 is 0 Å². The van der Waals surface area contributed by atoms with E-state index in [1.807, 2.05) is 6.07 Å². The maximum absolute atomic E-state index is 13.6. The van der Waals surface area contributed by atoms with Crippen LogP contribution in [0.25, 0.3) is 11.0 Å². The van der Waals surface area contributed by atoms with E-state index in [9.17, 15) is 14.7 Å². The summed E-state index contributed by atoms with van der Waals surface area (Å²) in [5, 5.41) is 12.0. The Morgan fingerprint density at radius 2 is 1.94 bits per heavy atom. The fraction of sp³-hybridized carbons (Fsp3) is 0.115. The number of hydrogen-bond donors (Lipinski definition) is 1. The lowest BCUT2D eigenvalue weighted by atomic mass is 9.95. The molecule has 1 unspecified atom stereocenters. The van der Waals surface area contributed by atoms with Crippen LogP contribution in [0.1, 0.15) is 27.9 Å². The van der Waals surface area contributed by atoms with E-state index >= 15 is 0 Å². The van der Waals surface area contributed by atoms with E-state index in [1.54, 1.807) is 74.0 Å². The molecule has 0 radical (unpaired) electrons. The van der Waals surface area contributed by atoms with E-state index in [4.69, 9.17) is 20.8 Å². The monoisotopic (exact) mass is 474 g/mol. The summed E-state index contributed by atoms with van der Waals surface area (Å²) in [5.74, 6) is -1.22. The highest BCUT2D eigenvalue weighted by molar-refractivity contribution is 6.31. The third-order valence-electron chi connectivity index (χ3n) is 5.74. The van der Waals surface area contributed by atoms with Crippen molar-refractivity contribution in [1.82, 2.24) is 9.88 Å². The first-order valence-corrected chi connectivity index (χ1v) is 10.9. The number of halogens is 1. The molecule has 170 valence electrons. The van der Waals surface area contributed by atoms with Crippen LogP contribution in [-0.2, 0) is 11.3 Å². The van der Waals surface area contributed by atoms with Crippen LogP contribution >= 0.6 is 11.6 Å². The van der Waals surface area contributed by atoms with Crippen molar-refractivity contribution >= 4 is 34.3 Å². The van der Waals surface area contributed by atoms with Gasteiger partial charge in [0.1, 0.15) is 11.3 Å². The number of rotatable bonds is 6. The number of pyridine rings is 1. The van der Waals surface area contributed by atoms with Gasteiger partial charge in [-0.15, -0.1) is 0 Å². The van der Waals surface area contributed by atoms with Crippen LogP contribution in [0.3, 0.4) is 0 Å². The van der Waals surface area contributed by atoms with E-state index in [0.29, 0.717) is 33.0 Å². The van der Waals surface area contributed by atoms with Crippen LogP contribution in [0.4, 0.5) is 0 Å². The molecule has 0 aliphatic carbocycles. The minimum atomic E-state index is -0.843. The third-order valence-corrected chi connectivity index (χ3v) is 5.98. The van der Waals surface area contributed by atoms with Gasteiger partial charge in [0.15, 0.2) is 11.5 Å². The molecule has 5 rings (SSSR count). The lowest BCUT2D eigenvalue weighted by Crippen LogP contribution is -2.31. The molecule has 1 amide bonds. The SMILES string of the molecule is COc1ccc(C2C(C(=O)c3cc4cc(Cl)ccc4o3)=C(O)C(=O)N2Cc2ccccn2)cc1. The molecular formula is C26H19ClN2O5. The van der Waals surface area contributed by atoms with Gasteiger partial charge in [0.2, 0.25) is 5.78 Å². The summed E-state index contributed by atoms with van der Waals surface area (Å²) in [6, 6.07) is 18.1. The quantitative estimate of drug-likeness (QED) is 0.383. The van der Waals surface area contributed by atoms with Crippen molar-refractivity contribution in [3.05, 3.63) is 106 Å². The third kappa shape index (κ3) is 3.80. The number of methoxy groups -OCH3 is 1. The van der Waals surface area contributed by atoms with Gasteiger partial charge in [-0.2, -0.15) is 0 Å². The van der Waals surface area contributed by atoms with Gasteiger partial charge in [0, 0.05) is 16.6 Å². The molecule has 7 nitrogen and oxygen atoms in total. The Hall–Kier alpha value is -4.10. The average molecular weight is 475 g/mol. The highest BCUT2D eigenvalue weighted by atomic mass is 35.5. The summed E-state index contributed by atoms with van der Waals surface area (Å²) in [7, 11) is 1.55. The van der Waals surface area contributed by atoms with E-state index in [2.05, 4.69) is 4.98 Å². The Bertz CT molecular complexity index is 1430. The molecule has 1 N–H and O–H groups in total. The Balaban J connectivity index is 1.59. The zero-order chi connectivity index (χ0) is 23.8. The first-order chi connectivity index (χ1) is 16.5. The van der Waals surface area contributed by atoms with Gasteiger partial charge in [-0.3, -0.25) is 14.6 Å². The largest absolute Gasteiger partial charge is 0.503 e. The van der Waals surface area contributed by atoms with Crippen molar-refractivity contribution in [2.45, 2.75) is 12.6 Å². The number of ketones is 1. The molecule has 0 saturated heterocycles. The van der Waals surface area contributed by atoms with E-state index in [-0.39, 0.29) is 17.9 Å². The van der Waals surface area contributed by atoms with Crippen molar-refractivity contribution in [2.24, 2.45) is 0 Å². The minimum Gasteiger partial charge on any atom is -0.503 e. The fourth-order valence-corrected chi connectivity index (χ4v) is 4.29. The maximum Gasteiger partial charge on any atom is 0.290 e. The topological polar surface area (TPSA) is 92.9 Å². The van der Waals surface area contributed by atoms with E-state index in [1.165, 1.54) is 4.90 Å². The van der Waals surface area contributed by atoms with E-state index < -0.39 is 23.5 Å². The van der Waals surface area contributed by atoms with Gasteiger partial charge in [-0.05, 0) is 54.1 Å².